The summed E-state index contributed by atoms with van der Waals surface area (Å²) < 4.78 is 1.01. The van der Waals surface area contributed by atoms with Gasteiger partial charge >= 0.3 is 0 Å². The van der Waals surface area contributed by atoms with Gasteiger partial charge in [0.15, 0.2) is 0 Å². The van der Waals surface area contributed by atoms with Crippen LogP contribution in [0.1, 0.15) is 44.2 Å². The third-order valence-electron chi connectivity index (χ3n) is 4.42. The molecule has 0 heterocycles. The number of halogens is 2. The number of hydrogen-bond donors (Lipinski definition) is 2. The number of aliphatic hydroxyl groups is 1. The molecule has 2 nitrogen and oxygen atoms in total. The Bertz CT molecular complexity index is 440. The molecule has 1 fully saturated rings. The van der Waals surface area contributed by atoms with Crippen LogP contribution in [0.15, 0.2) is 22.7 Å². The van der Waals surface area contributed by atoms with Crippen LogP contribution in [0, 0.1) is 11.8 Å². The van der Waals surface area contributed by atoms with Crippen LogP contribution in [-0.4, -0.2) is 18.3 Å². The summed E-state index contributed by atoms with van der Waals surface area (Å²) >= 11 is 9.72. The van der Waals surface area contributed by atoms with Crippen molar-refractivity contribution in [2.24, 2.45) is 11.8 Å². The van der Waals surface area contributed by atoms with Gasteiger partial charge in [0.1, 0.15) is 0 Å². The van der Waals surface area contributed by atoms with Gasteiger partial charge in [-0.2, -0.15) is 0 Å². The summed E-state index contributed by atoms with van der Waals surface area (Å²) in [4.78, 5) is 0. The first kappa shape index (κ1) is 16.3. The van der Waals surface area contributed by atoms with Gasteiger partial charge in [0.05, 0.1) is 0 Å². The van der Waals surface area contributed by atoms with Gasteiger partial charge in [0.2, 0.25) is 0 Å². The van der Waals surface area contributed by atoms with Crippen molar-refractivity contribution in [2.75, 3.05) is 13.2 Å². The fourth-order valence-electron chi connectivity index (χ4n) is 3.08. The molecule has 3 atom stereocenters. The van der Waals surface area contributed by atoms with Crippen LogP contribution in [0.4, 0.5) is 0 Å². The third kappa shape index (κ3) is 4.20. The van der Waals surface area contributed by atoms with Crippen molar-refractivity contribution < 1.29 is 5.11 Å². The Kier molecular flexibility index (Phi) is 6.34. The smallest absolute Gasteiger partial charge is 0.0464 e. The topological polar surface area (TPSA) is 32.3 Å². The highest BCUT2D eigenvalue weighted by Crippen LogP contribution is 2.31. The van der Waals surface area contributed by atoms with E-state index in [1.54, 1.807) is 0 Å². The summed E-state index contributed by atoms with van der Waals surface area (Å²) in [5.74, 6) is 1.05. The van der Waals surface area contributed by atoms with Gasteiger partial charge in [-0.05, 0) is 55.8 Å². The van der Waals surface area contributed by atoms with E-state index in [0.29, 0.717) is 18.4 Å². The molecular weight excluding hydrogens is 338 g/mol. The second-order valence-corrected chi connectivity index (χ2v) is 7.11. The molecule has 0 aliphatic heterocycles. The van der Waals surface area contributed by atoms with Crippen LogP contribution in [0.3, 0.4) is 0 Å². The second-order valence-electron chi connectivity index (χ2n) is 5.78. The molecule has 0 saturated heterocycles. The molecule has 0 bridgehead atoms. The van der Waals surface area contributed by atoms with Gasteiger partial charge < -0.3 is 10.4 Å². The lowest BCUT2D eigenvalue weighted by Crippen LogP contribution is -2.33. The standard InChI is InChI=1S/C16H23BrClNO/c1-11(15-7-6-14(17)8-16(15)18)19-9-12-4-2-3-5-13(12)10-20/h6-8,11-13,19-20H,2-5,9-10H2,1H3. The van der Waals surface area contributed by atoms with Crippen LogP contribution < -0.4 is 5.32 Å². The molecule has 0 amide bonds. The molecule has 1 aliphatic carbocycles. The van der Waals surface area contributed by atoms with Gasteiger partial charge in [-0.15, -0.1) is 0 Å². The normalized spacial score (nSPS) is 24.6. The molecule has 2 N–H and O–H groups in total. The summed E-state index contributed by atoms with van der Waals surface area (Å²) in [6.45, 7) is 3.42. The monoisotopic (exact) mass is 359 g/mol. The first-order chi connectivity index (χ1) is 9.61. The second kappa shape index (κ2) is 7.79. The van der Waals surface area contributed by atoms with Crippen molar-refractivity contribution in [3.8, 4) is 0 Å². The van der Waals surface area contributed by atoms with E-state index in [2.05, 4.69) is 34.2 Å². The fraction of sp³-hybridized carbons (Fsp3) is 0.625. The van der Waals surface area contributed by atoms with E-state index < -0.39 is 0 Å². The van der Waals surface area contributed by atoms with Gasteiger partial charge in [0.25, 0.3) is 0 Å². The number of rotatable bonds is 5. The Morgan fingerprint density at radius 3 is 2.70 bits per heavy atom. The summed E-state index contributed by atoms with van der Waals surface area (Å²) in [7, 11) is 0. The van der Waals surface area contributed by atoms with E-state index in [1.165, 1.54) is 19.3 Å². The molecule has 112 valence electrons. The number of hydrogen-bond acceptors (Lipinski definition) is 2. The molecule has 1 aromatic rings. The van der Waals surface area contributed by atoms with Crippen molar-refractivity contribution in [3.05, 3.63) is 33.3 Å². The predicted octanol–water partition coefficient (Wildman–Crippen LogP) is 4.55. The molecule has 20 heavy (non-hydrogen) atoms. The quantitative estimate of drug-likeness (QED) is 0.807. The minimum Gasteiger partial charge on any atom is -0.396 e. The average molecular weight is 361 g/mol. The van der Waals surface area contributed by atoms with Crippen molar-refractivity contribution in [2.45, 2.75) is 38.6 Å². The van der Waals surface area contributed by atoms with Crippen LogP contribution in [0.5, 0.6) is 0 Å². The number of aliphatic hydroxyl groups excluding tert-OH is 1. The van der Waals surface area contributed by atoms with E-state index in [0.717, 1.165) is 28.0 Å². The zero-order chi connectivity index (χ0) is 14.5. The van der Waals surface area contributed by atoms with Crippen molar-refractivity contribution in [1.29, 1.82) is 0 Å². The van der Waals surface area contributed by atoms with Crippen LogP contribution in [0.2, 0.25) is 5.02 Å². The largest absolute Gasteiger partial charge is 0.396 e. The zero-order valence-electron chi connectivity index (χ0n) is 11.9. The van der Waals surface area contributed by atoms with E-state index in [4.69, 9.17) is 11.6 Å². The molecule has 0 spiro atoms. The molecule has 3 unspecified atom stereocenters. The first-order valence-electron chi connectivity index (χ1n) is 7.41. The molecule has 0 aromatic heterocycles. The highest BCUT2D eigenvalue weighted by Gasteiger charge is 2.24. The Labute approximate surface area is 135 Å². The maximum absolute atomic E-state index is 9.46. The van der Waals surface area contributed by atoms with Gasteiger partial charge in [-0.3, -0.25) is 0 Å². The predicted molar refractivity (Wildman–Crippen MR) is 88.1 cm³/mol. The van der Waals surface area contributed by atoms with E-state index in [-0.39, 0.29) is 6.04 Å². The van der Waals surface area contributed by atoms with E-state index >= 15 is 0 Å². The highest BCUT2D eigenvalue weighted by atomic mass is 79.9. The average Bonchev–Trinajstić information content (AvgIpc) is 2.45. The van der Waals surface area contributed by atoms with Crippen LogP contribution >= 0.6 is 27.5 Å². The van der Waals surface area contributed by atoms with Crippen molar-refractivity contribution in [1.82, 2.24) is 5.32 Å². The van der Waals surface area contributed by atoms with E-state index in [1.807, 2.05) is 12.1 Å². The summed E-state index contributed by atoms with van der Waals surface area (Å²) in [6, 6.07) is 6.26. The van der Waals surface area contributed by atoms with Crippen LogP contribution in [-0.2, 0) is 0 Å². The molecule has 2 rings (SSSR count). The van der Waals surface area contributed by atoms with Crippen molar-refractivity contribution in [3.63, 3.8) is 0 Å². The maximum atomic E-state index is 9.46. The summed E-state index contributed by atoms with van der Waals surface area (Å²) in [6.07, 6.45) is 4.93. The van der Waals surface area contributed by atoms with Gasteiger partial charge in [-0.25, -0.2) is 0 Å². The lowest BCUT2D eigenvalue weighted by Gasteiger charge is -2.31. The Morgan fingerprint density at radius 2 is 2.05 bits per heavy atom. The lowest BCUT2D eigenvalue weighted by atomic mass is 9.79. The molecular formula is C16H23BrClNO. The number of benzene rings is 1. The zero-order valence-corrected chi connectivity index (χ0v) is 14.3. The van der Waals surface area contributed by atoms with Gasteiger partial charge in [-0.1, -0.05) is 46.4 Å². The first-order valence-corrected chi connectivity index (χ1v) is 8.58. The minimum atomic E-state index is 0.233. The molecule has 4 heteroatoms. The lowest BCUT2D eigenvalue weighted by molar-refractivity contribution is 0.131. The Morgan fingerprint density at radius 1 is 1.35 bits per heavy atom. The maximum Gasteiger partial charge on any atom is 0.0464 e. The molecule has 0 radical (unpaired) electrons. The highest BCUT2D eigenvalue weighted by molar-refractivity contribution is 9.10. The fourth-order valence-corrected chi connectivity index (χ4v) is 3.92. The molecule has 1 aliphatic rings. The minimum absolute atomic E-state index is 0.233. The number of nitrogens with one attached hydrogen (secondary N) is 1. The van der Waals surface area contributed by atoms with Crippen molar-refractivity contribution >= 4 is 27.5 Å². The third-order valence-corrected chi connectivity index (χ3v) is 5.24. The Hall–Kier alpha value is -0.0900. The Balaban J connectivity index is 1.92. The van der Waals surface area contributed by atoms with Crippen LogP contribution in [0.25, 0.3) is 0 Å². The summed E-state index contributed by atoms with van der Waals surface area (Å²) in [5.41, 5.74) is 1.13. The van der Waals surface area contributed by atoms with Gasteiger partial charge in [0, 0.05) is 22.1 Å². The van der Waals surface area contributed by atoms with E-state index in [9.17, 15) is 5.11 Å². The molecule has 1 aromatic carbocycles. The summed E-state index contributed by atoms with van der Waals surface area (Å²) in [5, 5.41) is 13.8. The molecule has 1 saturated carbocycles. The SMILES string of the molecule is CC(NCC1CCCCC1CO)c1ccc(Br)cc1Cl.